The highest BCUT2D eigenvalue weighted by Gasteiger charge is 1.98. The van der Waals surface area contributed by atoms with Crippen LogP contribution in [0.2, 0.25) is 0 Å². The van der Waals surface area contributed by atoms with Gasteiger partial charge in [0.05, 0.1) is 11.9 Å². The van der Waals surface area contributed by atoms with Gasteiger partial charge >= 0.3 is 0 Å². The van der Waals surface area contributed by atoms with Crippen molar-refractivity contribution in [3.05, 3.63) is 53.5 Å². The summed E-state index contributed by atoms with van der Waals surface area (Å²) in [5.74, 6) is 0. The van der Waals surface area contributed by atoms with E-state index in [0.717, 1.165) is 23.0 Å². The van der Waals surface area contributed by atoms with Gasteiger partial charge in [-0.1, -0.05) is 24.3 Å². The van der Waals surface area contributed by atoms with Gasteiger partial charge in [-0.15, -0.1) is 0 Å². The third-order valence-corrected chi connectivity index (χ3v) is 2.14. The predicted molar refractivity (Wildman–Crippen MR) is 56.9 cm³/mol. The van der Waals surface area contributed by atoms with Crippen LogP contribution < -0.4 is 0 Å². The van der Waals surface area contributed by atoms with Gasteiger partial charge in [-0.05, 0) is 12.1 Å². The largest absolute Gasteiger partial charge is 0.317 e. The van der Waals surface area contributed by atoms with Gasteiger partial charge in [0, 0.05) is 11.1 Å². The van der Waals surface area contributed by atoms with Crippen LogP contribution in [0, 0.1) is 6.57 Å². The second-order valence-corrected chi connectivity index (χ2v) is 3.13. The van der Waals surface area contributed by atoms with Crippen molar-refractivity contribution in [2.75, 3.05) is 6.54 Å². The Kier molecular flexibility index (Phi) is 2.42. The molecule has 14 heavy (non-hydrogen) atoms. The Morgan fingerprint density at radius 3 is 2.86 bits per heavy atom. The second-order valence-electron chi connectivity index (χ2n) is 3.13. The minimum atomic E-state index is 0.519. The van der Waals surface area contributed by atoms with Crippen molar-refractivity contribution >= 4 is 10.9 Å². The fraction of sp³-hybridized carbons (Fsp3) is 0.167. The summed E-state index contributed by atoms with van der Waals surface area (Å²) in [4.78, 5) is 7.79. The Balaban J connectivity index is 2.37. The molecule has 0 amide bonds. The fourth-order valence-electron chi connectivity index (χ4n) is 1.42. The molecule has 1 aromatic heterocycles. The fourth-order valence-corrected chi connectivity index (χ4v) is 1.42. The summed E-state index contributed by atoms with van der Waals surface area (Å²) >= 11 is 0. The average Bonchev–Trinajstić information content (AvgIpc) is 2.26. The van der Waals surface area contributed by atoms with Gasteiger partial charge in [-0.3, -0.25) is 4.98 Å². The number of fused-ring (bicyclic) bond motifs is 1. The zero-order valence-electron chi connectivity index (χ0n) is 7.77. The number of aromatic nitrogens is 1. The SMILES string of the molecule is [C-]#[N+]CCc1ccc2ccccc2n1. The van der Waals surface area contributed by atoms with E-state index in [1.807, 2.05) is 30.3 Å². The van der Waals surface area contributed by atoms with E-state index in [1.165, 1.54) is 0 Å². The van der Waals surface area contributed by atoms with Crippen LogP contribution in [0.25, 0.3) is 15.7 Å². The second kappa shape index (κ2) is 3.89. The number of benzene rings is 1. The van der Waals surface area contributed by atoms with Crippen LogP contribution in [0.4, 0.5) is 0 Å². The molecule has 0 fully saturated rings. The molecular formula is C12H10N2. The van der Waals surface area contributed by atoms with Crippen molar-refractivity contribution in [1.82, 2.24) is 4.98 Å². The molecule has 0 saturated carbocycles. The summed E-state index contributed by atoms with van der Waals surface area (Å²) in [5.41, 5.74) is 2.01. The molecular weight excluding hydrogens is 172 g/mol. The molecule has 2 nitrogen and oxygen atoms in total. The summed E-state index contributed by atoms with van der Waals surface area (Å²) in [6.07, 6.45) is 0.744. The molecule has 0 atom stereocenters. The summed E-state index contributed by atoms with van der Waals surface area (Å²) in [6, 6.07) is 12.1. The molecule has 0 spiro atoms. The Bertz CT molecular complexity index is 483. The predicted octanol–water partition coefficient (Wildman–Crippen LogP) is 2.70. The maximum Gasteiger partial charge on any atom is 0.220 e. The first-order valence-corrected chi connectivity index (χ1v) is 4.58. The molecule has 0 aliphatic heterocycles. The summed E-state index contributed by atoms with van der Waals surface area (Å²) in [7, 11) is 0. The summed E-state index contributed by atoms with van der Waals surface area (Å²) < 4.78 is 0. The number of hydrogen-bond donors (Lipinski definition) is 0. The smallest absolute Gasteiger partial charge is 0.220 e. The van der Waals surface area contributed by atoms with E-state index in [2.05, 4.69) is 15.9 Å². The monoisotopic (exact) mass is 182 g/mol. The van der Waals surface area contributed by atoms with Crippen molar-refractivity contribution in [2.24, 2.45) is 0 Å². The standard InChI is InChI=1S/C12H10N2/c1-13-9-8-11-7-6-10-4-2-3-5-12(10)14-11/h2-7H,8-9H2. The Hall–Kier alpha value is -1.88. The number of para-hydroxylation sites is 1. The molecule has 0 bridgehead atoms. The first-order chi connectivity index (χ1) is 6.90. The molecule has 0 unspecified atom stereocenters. The quantitative estimate of drug-likeness (QED) is 0.653. The van der Waals surface area contributed by atoms with Crippen molar-refractivity contribution in [2.45, 2.75) is 6.42 Å². The molecule has 1 aromatic carbocycles. The van der Waals surface area contributed by atoms with Crippen LogP contribution in [0.15, 0.2) is 36.4 Å². The Morgan fingerprint density at radius 2 is 2.00 bits per heavy atom. The topological polar surface area (TPSA) is 17.2 Å². The Morgan fingerprint density at radius 1 is 1.14 bits per heavy atom. The number of pyridine rings is 1. The zero-order chi connectivity index (χ0) is 9.80. The van der Waals surface area contributed by atoms with Crippen molar-refractivity contribution in [1.29, 1.82) is 0 Å². The molecule has 2 aromatic rings. The minimum absolute atomic E-state index is 0.519. The van der Waals surface area contributed by atoms with Gasteiger partial charge in [0.1, 0.15) is 0 Å². The van der Waals surface area contributed by atoms with Gasteiger partial charge in [0.25, 0.3) is 0 Å². The third-order valence-electron chi connectivity index (χ3n) is 2.14. The normalized spacial score (nSPS) is 9.93. The molecule has 0 N–H and O–H groups in total. The molecule has 0 saturated heterocycles. The summed E-state index contributed by atoms with van der Waals surface area (Å²) in [6.45, 7) is 7.23. The van der Waals surface area contributed by atoms with Crippen LogP contribution in [0.5, 0.6) is 0 Å². The first kappa shape index (κ1) is 8.71. The highest BCUT2D eigenvalue weighted by molar-refractivity contribution is 5.78. The summed E-state index contributed by atoms with van der Waals surface area (Å²) in [5, 5.41) is 1.15. The van der Waals surface area contributed by atoms with Crippen LogP contribution >= 0.6 is 0 Å². The third kappa shape index (κ3) is 1.72. The van der Waals surface area contributed by atoms with Crippen LogP contribution in [-0.4, -0.2) is 11.5 Å². The lowest BCUT2D eigenvalue weighted by Gasteiger charge is -1.98. The molecule has 2 heteroatoms. The van der Waals surface area contributed by atoms with E-state index < -0.39 is 0 Å². The zero-order valence-corrected chi connectivity index (χ0v) is 7.77. The molecule has 0 aliphatic carbocycles. The lowest BCUT2D eigenvalue weighted by Crippen LogP contribution is -1.92. The van der Waals surface area contributed by atoms with Crippen molar-refractivity contribution in [3.8, 4) is 0 Å². The van der Waals surface area contributed by atoms with Crippen LogP contribution in [0.3, 0.4) is 0 Å². The van der Waals surface area contributed by atoms with Crippen molar-refractivity contribution < 1.29 is 0 Å². The van der Waals surface area contributed by atoms with E-state index in [1.54, 1.807) is 0 Å². The Labute approximate surface area is 83.0 Å². The van der Waals surface area contributed by atoms with E-state index in [4.69, 9.17) is 6.57 Å². The molecule has 1 heterocycles. The van der Waals surface area contributed by atoms with E-state index in [9.17, 15) is 0 Å². The minimum Gasteiger partial charge on any atom is -0.317 e. The highest BCUT2D eigenvalue weighted by Crippen LogP contribution is 2.11. The average molecular weight is 182 g/mol. The molecule has 0 aliphatic rings. The molecule has 68 valence electrons. The van der Waals surface area contributed by atoms with E-state index in [0.29, 0.717) is 6.54 Å². The number of nitrogens with zero attached hydrogens (tertiary/aromatic N) is 2. The van der Waals surface area contributed by atoms with Gasteiger partial charge in [-0.2, -0.15) is 0 Å². The number of rotatable bonds is 2. The molecule has 2 rings (SSSR count). The lowest BCUT2D eigenvalue weighted by atomic mass is 10.2. The number of hydrogen-bond acceptors (Lipinski definition) is 1. The van der Waals surface area contributed by atoms with Gasteiger partial charge in [-0.25, -0.2) is 6.57 Å². The van der Waals surface area contributed by atoms with E-state index >= 15 is 0 Å². The first-order valence-electron chi connectivity index (χ1n) is 4.58. The maximum atomic E-state index is 6.71. The lowest BCUT2D eigenvalue weighted by molar-refractivity contribution is 1.02. The molecule has 0 radical (unpaired) electrons. The maximum absolute atomic E-state index is 6.71. The van der Waals surface area contributed by atoms with Gasteiger partial charge in [0.2, 0.25) is 6.54 Å². The van der Waals surface area contributed by atoms with Crippen molar-refractivity contribution in [3.63, 3.8) is 0 Å². The van der Waals surface area contributed by atoms with Gasteiger partial charge in [0.15, 0.2) is 0 Å². The van der Waals surface area contributed by atoms with Crippen LogP contribution in [-0.2, 0) is 6.42 Å². The van der Waals surface area contributed by atoms with Gasteiger partial charge < -0.3 is 4.85 Å². The highest BCUT2D eigenvalue weighted by atomic mass is 14.7. The van der Waals surface area contributed by atoms with E-state index in [-0.39, 0.29) is 0 Å². The van der Waals surface area contributed by atoms with Crippen LogP contribution in [0.1, 0.15) is 5.69 Å².